The predicted octanol–water partition coefficient (Wildman–Crippen LogP) is 2.05. The standard InChI is InChI=1S/C20H26N4O2/c25-19(12-17-13-21-15-23-20(17)26)22-14-18(16-8-4-3-5-9-16)24-10-6-1-2-7-11-24/h3-5,8-9,13,15,18H,1-2,6-7,10-12,14H2,(H,22,25)(H,21,23,26)/t18-/m1/s1. The number of rotatable bonds is 6. The summed E-state index contributed by atoms with van der Waals surface area (Å²) in [5.41, 5.74) is 1.34. The van der Waals surface area contributed by atoms with Crippen molar-refractivity contribution in [2.75, 3.05) is 19.6 Å². The molecular formula is C20H26N4O2. The molecule has 3 rings (SSSR count). The van der Waals surface area contributed by atoms with Gasteiger partial charge in [-0.15, -0.1) is 0 Å². The molecule has 26 heavy (non-hydrogen) atoms. The van der Waals surface area contributed by atoms with Gasteiger partial charge in [-0.05, 0) is 31.5 Å². The summed E-state index contributed by atoms with van der Waals surface area (Å²) in [7, 11) is 0. The lowest BCUT2D eigenvalue weighted by Crippen LogP contribution is -2.39. The van der Waals surface area contributed by atoms with Gasteiger partial charge < -0.3 is 10.3 Å². The van der Waals surface area contributed by atoms with E-state index in [1.807, 2.05) is 18.2 Å². The van der Waals surface area contributed by atoms with Crippen molar-refractivity contribution in [1.29, 1.82) is 0 Å². The average molecular weight is 354 g/mol. The van der Waals surface area contributed by atoms with Gasteiger partial charge in [-0.3, -0.25) is 14.5 Å². The Kier molecular flexibility index (Phi) is 6.55. The summed E-state index contributed by atoms with van der Waals surface area (Å²) in [4.78, 5) is 32.9. The number of amides is 1. The highest BCUT2D eigenvalue weighted by molar-refractivity contribution is 5.78. The van der Waals surface area contributed by atoms with E-state index >= 15 is 0 Å². The number of likely N-dealkylation sites (tertiary alicyclic amines) is 1. The van der Waals surface area contributed by atoms with E-state index in [9.17, 15) is 9.59 Å². The number of aromatic nitrogens is 2. The second kappa shape index (κ2) is 9.29. The normalized spacial score (nSPS) is 16.6. The fourth-order valence-electron chi connectivity index (χ4n) is 3.49. The Morgan fingerprint density at radius 2 is 1.88 bits per heavy atom. The molecule has 2 aromatic rings. The zero-order chi connectivity index (χ0) is 18.2. The molecule has 6 nitrogen and oxygen atoms in total. The maximum Gasteiger partial charge on any atom is 0.254 e. The molecule has 1 amide bonds. The van der Waals surface area contributed by atoms with Gasteiger partial charge in [-0.1, -0.05) is 43.2 Å². The Bertz CT molecular complexity index is 752. The summed E-state index contributed by atoms with van der Waals surface area (Å²) < 4.78 is 0. The van der Waals surface area contributed by atoms with Crippen LogP contribution >= 0.6 is 0 Å². The molecule has 0 unspecified atom stereocenters. The first-order valence-electron chi connectivity index (χ1n) is 9.31. The van der Waals surface area contributed by atoms with Crippen LogP contribution < -0.4 is 10.9 Å². The molecule has 1 aliphatic rings. The summed E-state index contributed by atoms with van der Waals surface area (Å²) in [5, 5.41) is 3.01. The van der Waals surface area contributed by atoms with Crippen molar-refractivity contribution < 1.29 is 4.79 Å². The monoisotopic (exact) mass is 354 g/mol. The van der Waals surface area contributed by atoms with E-state index in [-0.39, 0.29) is 23.9 Å². The van der Waals surface area contributed by atoms with E-state index < -0.39 is 0 Å². The predicted molar refractivity (Wildman–Crippen MR) is 101 cm³/mol. The van der Waals surface area contributed by atoms with E-state index in [1.165, 1.54) is 43.8 Å². The summed E-state index contributed by atoms with van der Waals surface area (Å²) in [6, 6.07) is 10.5. The highest BCUT2D eigenvalue weighted by Gasteiger charge is 2.22. The molecule has 0 radical (unpaired) electrons. The number of hydrogen-bond acceptors (Lipinski definition) is 4. The third-order valence-corrected chi connectivity index (χ3v) is 4.90. The molecule has 6 heteroatoms. The van der Waals surface area contributed by atoms with Crippen LogP contribution in [-0.4, -0.2) is 40.4 Å². The summed E-state index contributed by atoms with van der Waals surface area (Å²) in [6.45, 7) is 2.65. The van der Waals surface area contributed by atoms with Crippen molar-refractivity contribution in [3.63, 3.8) is 0 Å². The number of nitrogens with one attached hydrogen (secondary N) is 2. The highest BCUT2D eigenvalue weighted by Crippen LogP contribution is 2.23. The number of nitrogens with zero attached hydrogens (tertiary/aromatic N) is 2. The summed E-state index contributed by atoms with van der Waals surface area (Å²) in [6.07, 6.45) is 7.76. The maximum absolute atomic E-state index is 12.3. The zero-order valence-electron chi connectivity index (χ0n) is 15.0. The van der Waals surface area contributed by atoms with Crippen LogP contribution in [0.2, 0.25) is 0 Å². The minimum absolute atomic E-state index is 0.0463. The Labute approximate surface area is 153 Å². The molecule has 1 aromatic heterocycles. The van der Waals surface area contributed by atoms with Gasteiger partial charge in [0.05, 0.1) is 18.8 Å². The smallest absolute Gasteiger partial charge is 0.254 e. The molecule has 1 aliphatic heterocycles. The Hall–Kier alpha value is -2.47. The van der Waals surface area contributed by atoms with Crippen LogP contribution in [0.25, 0.3) is 0 Å². The van der Waals surface area contributed by atoms with Gasteiger partial charge in [0.1, 0.15) is 0 Å². The molecule has 1 fully saturated rings. The first kappa shape index (κ1) is 18.3. The van der Waals surface area contributed by atoms with Crippen LogP contribution in [0.4, 0.5) is 0 Å². The van der Waals surface area contributed by atoms with Crippen LogP contribution in [0, 0.1) is 0 Å². The third kappa shape index (κ3) is 5.02. The van der Waals surface area contributed by atoms with Gasteiger partial charge in [-0.2, -0.15) is 0 Å². The van der Waals surface area contributed by atoms with Crippen molar-refractivity contribution in [3.8, 4) is 0 Å². The maximum atomic E-state index is 12.3. The summed E-state index contributed by atoms with van der Waals surface area (Å²) >= 11 is 0. The lowest BCUT2D eigenvalue weighted by molar-refractivity contribution is -0.120. The zero-order valence-corrected chi connectivity index (χ0v) is 15.0. The van der Waals surface area contributed by atoms with Gasteiger partial charge in [0, 0.05) is 18.3 Å². The topological polar surface area (TPSA) is 78.1 Å². The van der Waals surface area contributed by atoms with Crippen molar-refractivity contribution in [2.45, 2.75) is 38.1 Å². The van der Waals surface area contributed by atoms with Crippen LogP contribution in [0.15, 0.2) is 47.7 Å². The van der Waals surface area contributed by atoms with Gasteiger partial charge in [-0.25, -0.2) is 4.98 Å². The SMILES string of the molecule is O=C(Cc1cnc[nH]c1=O)NC[C@H](c1ccccc1)N1CCCCCC1. The van der Waals surface area contributed by atoms with E-state index in [2.05, 4.69) is 32.3 Å². The molecule has 0 spiro atoms. The number of carbonyl (C=O) groups is 1. The Morgan fingerprint density at radius 3 is 2.58 bits per heavy atom. The van der Waals surface area contributed by atoms with Crippen molar-refractivity contribution in [2.24, 2.45) is 0 Å². The van der Waals surface area contributed by atoms with E-state index in [0.29, 0.717) is 12.1 Å². The molecule has 1 saturated heterocycles. The second-order valence-electron chi connectivity index (χ2n) is 6.76. The van der Waals surface area contributed by atoms with Crippen LogP contribution in [0.1, 0.15) is 42.9 Å². The number of benzene rings is 1. The lowest BCUT2D eigenvalue weighted by Gasteiger charge is -2.31. The molecule has 0 bridgehead atoms. The molecule has 1 aromatic carbocycles. The van der Waals surface area contributed by atoms with Gasteiger partial charge in [0.15, 0.2) is 0 Å². The Morgan fingerprint density at radius 1 is 1.15 bits per heavy atom. The number of carbonyl (C=O) groups excluding carboxylic acids is 1. The molecule has 0 aliphatic carbocycles. The fourth-order valence-corrected chi connectivity index (χ4v) is 3.49. The van der Waals surface area contributed by atoms with E-state index in [0.717, 1.165) is 13.1 Å². The van der Waals surface area contributed by atoms with Crippen molar-refractivity contribution in [1.82, 2.24) is 20.2 Å². The highest BCUT2D eigenvalue weighted by atomic mass is 16.2. The second-order valence-corrected chi connectivity index (χ2v) is 6.76. The van der Waals surface area contributed by atoms with Crippen molar-refractivity contribution >= 4 is 5.91 Å². The van der Waals surface area contributed by atoms with E-state index in [4.69, 9.17) is 0 Å². The largest absolute Gasteiger partial charge is 0.354 e. The number of hydrogen-bond donors (Lipinski definition) is 2. The minimum Gasteiger partial charge on any atom is -0.354 e. The molecule has 2 N–H and O–H groups in total. The van der Waals surface area contributed by atoms with Crippen LogP contribution in [-0.2, 0) is 11.2 Å². The number of aromatic amines is 1. The third-order valence-electron chi connectivity index (χ3n) is 4.90. The number of H-pyrrole nitrogens is 1. The minimum atomic E-state index is -0.262. The summed E-state index contributed by atoms with van der Waals surface area (Å²) in [5.74, 6) is -0.153. The quantitative estimate of drug-likeness (QED) is 0.832. The Balaban J connectivity index is 1.66. The van der Waals surface area contributed by atoms with Crippen LogP contribution in [0.3, 0.4) is 0 Å². The first-order valence-corrected chi connectivity index (χ1v) is 9.31. The molecule has 0 saturated carbocycles. The molecule has 138 valence electrons. The molecular weight excluding hydrogens is 328 g/mol. The molecule has 1 atom stereocenters. The molecule has 2 heterocycles. The first-order chi connectivity index (χ1) is 12.7. The van der Waals surface area contributed by atoms with Gasteiger partial charge >= 0.3 is 0 Å². The van der Waals surface area contributed by atoms with Gasteiger partial charge in [0.2, 0.25) is 5.91 Å². The average Bonchev–Trinajstić information content (AvgIpc) is 2.94. The fraction of sp³-hybridized carbons (Fsp3) is 0.450. The van der Waals surface area contributed by atoms with Crippen molar-refractivity contribution in [3.05, 3.63) is 64.3 Å². The van der Waals surface area contributed by atoms with Gasteiger partial charge in [0.25, 0.3) is 5.56 Å². The van der Waals surface area contributed by atoms with E-state index in [1.54, 1.807) is 0 Å². The van der Waals surface area contributed by atoms with Crippen LogP contribution in [0.5, 0.6) is 0 Å². The lowest BCUT2D eigenvalue weighted by atomic mass is 10.0.